The Kier molecular flexibility index (Phi) is 40.0. The van der Waals surface area contributed by atoms with E-state index in [2.05, 4.69) is 135 Å². The number of nitrogens with zero attached hydrogens (tertiary/aromatic N) is 1. The number of quaternary nitrogens is 1. The molecule has 62 heavy (non-hydrogen) atoms. The van der Waals surface area contributed by atoms with Gasteiger partial charge in [-0.2, -0.15) is 0 Å². The van der Waals surface area contributed by atoms with Crippen molar-refractivity contribution in [3.05, 3.63) is 134 Å². The zero-order valence-electron chi connectivity index (χ0n) is 39.2. The van der Waals surface area contributed by atoms with E-state index in [9.17, 15) is 19.5 Å². The van der Waals surface area contributed by atoms with Crippen molar-refractivity contribution in [3.8, 4) is 0 Å². The van der Waals surface area contributed by atoms with Crippen molar-refractivity contribution in [2.75, 3.05) is 41.0 Å². The number of likely N-dealkylation sites (N-methyl/N-ethyl adjacent to an activating group) is 1. The Bertz CT molecular complexity index is 1470. The zero-order valence-corrected chi connectivity index (χ0v) is 39.2. The lowest BCUT2D eigenvalue weighted by Gasteiger charge is -2.34. The average Bonchev–Trinajstić information content (AvgIpc) is 3.23. The number of esters is 2. The number of rotatable bonds is 39. The van der Waals surface area contributed by atoms with Crippen LogP contribution < -0.4 is 5.11 Å². The van der Waals surface area contributed by atoms with Crippen LogP contribution in [0.4, 0.5) is 0 Å². The number of allylic oxidation sites excluding steroid dienone is 22. The summed E-state index contributed by atoms with van der Waals surface area (Å²) in [4.78, 5) is 36.9. The summed E-state index contributed by atoms with van der Waals surface area (Å²) in [5, 5.41) is 11.6. The third-order valence-corrected chi connectivity index (χ3v) is 9.30. The van der Waals surface area contributed by atoms with E-state index in [-0.39, 0.29) is 49.5 Å². The molecule has 0 saturated heterocycles. The highest BCUT2D eigenvalue weighted by Gasteiger charge is 2.25. The molecule has 0 aliphatic rings. The Hall–Kier alpha value is -4.53. The molecule has 346 valence electrons. The van der Waals surface area contributed by atoms with Crippen LogP contribution in [0.2, 0.25) is 0 Å². The van der Waals surface area contributed by atoms with Gasteiger partial charge in [-0.05, 0) is 96.3 Å². The summed E-state index contributed by atoms with van der Waals surface area (Å²) >= 11 is 0. The molecule has 0 aromatic heterocycles. The fraction of sp³-hybridized carbons (Fsp3) is 0.537. The maximum Gasteiger partial charge on any atom is 0.306 e. The number of hydrogen-bond donors (Lipinski definition) is 0. The fourth-order valence-corrected chi connectivity index (χ4v) is 5.77. The van der Waals surface area contributed by atoms with E-state index in [1.54, 1.807) is 21.1 Å². The van der Waals surface area contributed by atoms with Crippen LogP contribution in [0.25, 0.3) is 0 Å². The van der Waals surface area contributed by atoms with Gasteiger partial charge in [0.1, 0.15) is 12.6 Å². The first-order chi connectivity index (χ1) is 30.1. The van der Waals surface area contributed by atoms with Crippen molar-refractivity contribution in [2.24, 2.45) is 0 Å². The molecule has 0 aliphatic heterocycles. The Labute approximate surface area is 377 Å². The summed E-state index contributed by atoms with van der Waals surface area (Å²) in [6.45, 7) is 4.28. The average molecular weight is 858 g/mol. The van der Waals surface area contributed by atoms with Gasteiger partial charge in [-0.1, -0.05) is 154 Å². The van der Waals surface area contributed by atoms with Crippen LogP contribution in [-0.4, -0.2) is 75.5 Å². The lowest BCUT2D eigenvalue weighted by molar-refractivity contribution is -0.889. The van der Waals surface area contributed by atoms with E-state index in [0.29, 0.717) is 12.8 Å². The molecule has 0 aliphatic carbocycles. The molecule has 8 heteroatoms. The van der Waals surface area contributed by atoms with Gasteiger partial charge >= 0.3 is 11.9 Å². The van der Waals surface area contributed by atoms with E-state index in [4.69, 9.17) is 14.2 Å². The molecule has 0 aromatic rings. The van der Waals surface area contributed by atoms with Crippen molar-refractivity contribution in [2.45, 2.75) is 148 Å². The molecule has 0 saturated carbocycles. The van der Waals surface area contributed by atoms with Crippen LogP contribution in [0.15, 0.2) is 134 Å². The first kappa shape index (κ1) is 57.5. The SMILES string of the molecule is CC/C=C\C/C=C\C/C=C\C/C=C\C/C=C\C/C=C\CCC(=O)OC(COCCC(C(=O)[O-])[N+](C)(C)C)COC(=O)CCCCC/C=C\C/C=C\C/C=C\C/C=C\C/C=C\CC. The predicted octanol–water partition coefficient (Wildman–Crippen LogP) is 11.9. The van der Waals surface area contributed by atoms with Crippen molar-refractivity contribution in [1.29, 1.82) is 0 Å². The van der Waals surface area contributed by atoms with E-state index >= 15 is 0 Å². The van der Waals surface area contributed by atoms with Gasteiger partial charge in [-0.25, -0.2) is 0 Å². The minimum absolute atomic E-state index is 0.0108. The van der Waals surface area contributed by atoms with Gasteiger partial charge in [0.2, 0.25) is 0 Å². The fourth-order valence-electron chi connectivity index (χ4n) is 5.77. The highest BCUT2D eigenvalue weighted by atomic mass is 16.6. The molecule has 0 fully saturated rings. The van der Waals surface area contributed by atoms with Crippen LogP contribution in [0, 0.1) is 0 Å². The number of aliphatic carboxylic acids is 1. The van der Waals surface area contributed by atoms with Crippen LogP contribution in [-0.2, 0) is 28.6 Å². The molecule has 0 spiro atoms. The van der Waals surface area contributed by atoms with Crippen LogP contribution in [0.5, 0.6) is 0 Å². The van der Waals surface area contributed by atoms with E-state index in [0.717, 1.165) is 89.9 Å². The topological polar surface area (TPSA) is 102 Å². The number of carboxylic acids is 1. The van der Waals surface area contributed by atoms with E-state index in [1.165, 1.54) is 0 Å². The molecular formula is C54H83NO7. The van der Waals surface area contributed by atoms with Gasteiger partial charge in [0.25, 0.3) is 0 Å². The second-order valence-electron chi connectivity index (χ2n) is 15.9. The largest absolute Gasteiger partial charge is 0.544 e. The maximum absolute atomic E-state index is 12.7. The Morgan fingerprint density at radius 3 is 1.29 bits per heavy atom. The minimum atomic E-state index is -1.15. The van der Waals surface area contributed by atoms with Gasteiger partial charge < -0.3 is 28.6 Å². The van der Waals surface area contributed by atoms with Crippen LogP contribution in [0.1, 0.15) is 136 Å². The molecule has 0 radical (unpaired) electrons. The number of carboxylic acid groups (broad SMARTS) is 1. The predicted molar refractivity (Wildman–Crippen MR) is 258 cm³/mol. The van der Waals surface area contributed by atoms with Crippen molar-refractivity contribution in [3.63, 3.8) is 0 Å². The molecule has 0 heterocycles. The summed E-state index contributed by atoms with van der Waals surface area (Å²) < 4.78 is 17.1. The molecule has 0 aromatic carbocycles. The highest BCUT2D eigenvalue weighted by Crippen LogP contribution is 2.10. The van der Waals surface area contributed by atoms with Crippen LogP contribution >= 0.6 is 0 Å². The summed E-state index contributed by atoms with van der Waals surface area (Å²) in [6.07, 6.45) is 62.1. The van der Waals surface area contributed by atoms with Gasteiger partial charge in [0.15, 0.2) is 6.10 Å². The Morgan fingerprint density at radius 2 is 0.887 bits per heavy atom. The van der Waals surface area contributed by atoms with Crippen LogP contribution in [0.3, 0.4) is 0 Å². The number of unbranched alkanes of at least 4 members (excludes halogenated alkanes) is 3. The van der Waals surface area contributed by atoms with Gasteiger partial charge in [0.05, 0.1) is 40.3 Å². The van der Waals surface area contributed by atoms with Gasteiger partial charge in [-0.15, -0.1) is 0 Å². The third-order valence-electron chi connectivity index (χ3n) is 9.30. The summed E-state index contributed by atoms with van der Waals surface area (Å²) in [5.74, 6) is -1.91. The molecule has 0 amide bonds. The Morgan fingerprint density at radius 1 is 0.484 bits per heavy atom. The lowest BCUT2D eigenvalue weighted by atomic mass is 10.1. The molecule has 0 N–H and O–H groups in total. The second-order valence-corrected chi connectivity index (χ2v) is 15.9. The first-order valence-corrected chi connectivity index (χ1v) is 23.2. The third kappa shape index (κ3) is 40.9. The normalized spacial score (nSPS) is 14.1. The minimum Gasteiger partial charge on any atom is -0.544 e. The second kappa shape index (κ2) is 43.1. The molecule has 0 rings (SSSR count). The number of carbonyl (C=O) groups is 3. The number of hydrogen-bond acceptors (Lipinski definition) is 7. The van der Waals surface area contributed by atoms with E-state index in [1.807, 2.05) is 12.2 Å². The van der Waals surface area contributed by atoms with E-state index < -0.39 is 24.1 Å². The van der Waals surface area contributed by atoms with Gasteiger partial charge in [0, 0.05) is 19.3 Å². The Balaban J connectivity index is 4.54. The molecule has 2 unspecified atom stereocenters. The number of ether oxygens (including phenoxy) is 3. The van der Waals surface area contributed by atoms with Crippen molar-refractivity contribution < 1.29 is 38.2 Å². The quantitative estimate of drug-likeness (QED) is 0.0262. The summed E-state index contributed by atoms with van der Waals surface area (Å²) in [5.41, 5.74) is 0. The summed E-state index contributed by atoms with van der Waals surface area (Å²) in [7, 11) is 5.35. The number of carbonyl (C=O) groups excluding carboxylic acids is 3. The molecular weight excluding hydrogens is 775 g/mol. The highest BCUT2D eigenvalue weighted by molar-refractivity contribution is 5.70. The molecule has 8 nitrogen and oxygen atoms in total. The molecule has 0 bridgehead atoms. The van der Waals surface area contributed by atoms with Crippen molar-refractivity contribution in [1.82, 2.24) is 0 Å². The first-order valence-electron chi connectivity index (χ1n) is 23.2. The smallest absolute Gasteiger partial charge is 0.306 e. The zero-order chi connectivity index (χ0) is 45.6. The summed E-state index contributed by atoms with van der Waals surface area (Å²) in [6, 6.07) is -0.754. The monoisotopic (exact) mass is 858 g/mol. The lowest BCUT2D eigenvalue weighted by Crippen LogP contribution is -2.55. The van der Waals surface area contributed by atoms with Crippen molar-refractivity contribution >= 4 is 17.9 Å². The maximum atomic E-state index is 12.7. The molecule has 2 atom stereocenters. The standard InChI is InChI=1S/C54H83NO7/c1-6-8-10-12-14-16-18-20-22-24-26-28-30-32-34-36-38-40-42-44-52(56)61-49-50(48-60-47-46-51(54(58)59)55(3,4)5)62-53(57)45-43-41-39-37-35-33-31-29-27-25-23-21-19-17-15-13-11-9-7-2/h8-11,14-17,20-23,26-29,32-35,39,41,50-51H,6-7,12-13,18-19,24-25,30-31,36-38,40,42-49H2,1-5H3/b10-8-,11-9-,16-14-,17-15-,22-20-,23-21-,28-26-,29-27-,34-32-,35-33-,41-39-. The van der Waals surface area contributed by atoms with Gasteiger partial charge in [-0.3, -0.25) is 9.59 Å².